The average Bonchev–Trinajstić information content (AvgIpc) is 2.64. The van der Waals surface area contributed by atoms with Gasteiger partial charge in [-0.25, -0.2) is 14.4 Å². The van der Waals surface area contributed by atoms with Crippen LogP contribution in [0.25, 0.3) is 0 Å². The largest absolute Gasteiger partial charge is 0.459 e. The Bertz CT molecular complexity index is 1080. The van der Waals surface area contributed by atoms with E-state index in [1.165, 1.54) is 18.3 Å². The summed E-state index contributed by atoms with van der Waals surface area (Å²) in [4.78, 5) is 12.2. The summed E-state index contributed by atoms with van der Waals surface area (Å²) >= 11 is 12.0. The molecule has 3 N–H and O–H groups in total. The highest BCUT2D eigenvalue weighted by molar-refractivity contribution is 6.37. The summed E-state index contributed by atoms with van der Waals surface area (Å²) < 4.78 is 48.7. The maximum atomic E-state index is 14.8. The molecule has 0 amide bonds. The van der Waals surface area contributed by atoms with Crippen molar-refractivity contribution in [2.24, 2.45) is 15.7 Å². The number of pyridine rings is 1. The van der Waals surface area contributed by atoms with Gasteiger partial charge in [-0.2, -0.15) is 8.78 Å². The zero-order valence-electron chi connectivity index (χ0n) is 14.9. The molecule has 0 radical (unpaired) electrons. The number of anilines is 1. The number of alkyl halides is 2. The van der Waals surface area contributed by atoms with Crippen molar-refractivity contribution in [3.8, 4) is 0 Å². The maximum absolute atomic E-state index is 14.8. The van der Waals surface area contributed by atoms with Crippen LogP contribution in [0.4, 0.5) is 18.9 Å². The molecular weight excluding hydrogens is 430 g/mol. The average molecular weight is 444 g/mol. The first-order chi connectivity index (χ1) is 13.6. The quantitative estimate of drug-likeness (QED) is 0.731. The standard InChI is InChI=1S/C18H14Cl2F3N5O/c1-17(18(22,23)7-29-16(24)28-17)10-4-13-8(2-12(10)21)5-26-15(27-13)14-11(20)3-9(19)6-25-14/h2-4,6H,5,7H2,1H3,(H2,24,28)(H,26,27). The number of fused-ring (bicyclic) bond motifs is 1. The summed E-state index contributed by atoms with van der Waals surface area (Å²) in [6.07, 6.45) is 1.40. The van der Waals surface area contributed by atoms with Crippen molar-refractivity contribution in [2.75, 3.05) is 11.9 Å². The second kappa shape index (κ2) is 6.77. The van der Waals surface area contributed by atoms with Crippen LogP contribution in [0.15, 0.2) is 34.4 Å². The van der Waals surface area contributed by atoms with Crippen LogP contribution in [0, 0.1) is 5.82 Å². The van der Waals surface area contributed by atoms with E-state index in [2.05, 4.69) is 25.0 Å². The molecule has 0 fully saturated rings. The Morgan fingerprint density at radius 2 is 2.00 bits per heavy atom. The highest BCUT2D eigenvalue weighted by Crippen LogP contribution is 2.45. The number of hydrogen-bond donors (Lipinski definition) is 2. The Labute approximate surface area is 173 Å². The predicted octanol–water partition coefficient (Wildman–Crippen LogP) is 4.10. The Morgan fingerprint density at radius 1 is 1.24 bits per heavy atom. The van der Waals surface area contributed by atoms with Gasteiger partial charge in [-0.05, 0) is 25.1 Å². The second-order valence-electron chi connectivity index (χ2n) is 6.78. The SMILES string of the molecule is CC1(c2cc3c(cc2F)CN=C(c2ncc(Cl)cc2Cl)N3)N=C(N)OCC1(F)F. The Kier molecular flexibility index (Phi) is 4.62. The first-order valence-electron chi connectivity index (χ1n) is 8.42. The third-order valence-corrected chi connectivity index (χ3v) is 5.35. The Hall–Kier alpha value is -2.52. The third-order valence-electron chi connectivity index (χ3n) is 4.86. The number of benzene rings is 1. The fraction of sp³-hybridized carbons (Fsp3) is 0.278. The summed E-state index contributed by atoms with van der Waals surface area (Å²) in [6.45, 7) is 0.222. The fourth-order valence-electron chi connectivity index (χ4n) is 3.19. The van der Waals surface area contributed by atoms with Crippen LogP contribution in [-0.2, 0) is 16.8 Å². The van der Waals surface area contributed by atoms with E-state index in [1.807, 2.05) is 0 Å². The molecule has 2 aromatic rings. The van der Waals surface area contributed by atoms with Crippen molar-refractivity contribution in [3.05, 3.63) is 57.1 Å². The molecule has 29 heavy (non-hydrogen) atoms. The highest BCUT2D eigenvalue weighted by Gasteiger charge is 2.56. The van der Waals surface area contributed by atoms with Gasteiger partial charge in [0.25, 0.3) is 6.02 Å². The van der Waals surface area contributed by atoms with E-state index in [0.29, 0.717) is 27.8 Å². The summed E-state index contributed by atoms with van der Waals surface area (Å²) in [5, 5.41) is 3.58. The van der Waals surface area contributed by atoms with Gasteiger partial charge in [0.15, 0.2) is 18.0 Å². The number of nitrogens with one attached hydrogen (secondary N) is 1. The van der Waals surface area contributed by atoms with Gasteiger partial charge in [0.05, 0.1) is 16.6 Å². The van der Waals surface area contributed by atoms with Gasteiger partial charge in [-0.15, -0.1) is 0 Å². The molecule has 0 bridgehead atoms. The lowest BCUT2D eigenvalue weighted by atomic mass is 9.84. The van der Waals surface area contributed by atoms with E-state index in [-0.39, 0.29) is 17.1 Å². The number of aliphatic imine (C=N–C) groups is 2. The van der Waals surface area contributed by atoms with E-state index in [1.54, 1.807) is 0 Å². The molecule has 1 aromatic carbocycles. The number of amidine groups is 2. The van der Waals surface area contributed by atoms with E-state index in [4.69, 9.17) is 28.9 Å². The second-order valence-corrected chi connectivity index (χ2v) is 7.62. The smallest absolute Gasteiger partial charge is 0.310 e. The minimum absolute atomic E-state index is 0.108. The molecule has 0 saturated heterocycles. The molecule has 11 heteroatoms. The summed E-state index contributed by atoms with van der Waals surface area (Å²) in [6, 6.07) is 3.50. The van der Waals surface area contributed by atoms with Crippen molar-refractivity contribution in [1.29, 1.82) is 0 Å². The van der Waals surface area contributed by atoms with E-state index in [0.717, 1.165) is 13.0 Å². The first kappa shape index (κ1) is 19.8. The minimum atomic E-state index is -3.47. The van der Waals surface area contributed by atoms with Crippen molar-refractivity contribution in [2.45, 2.75) is 24.9 Å². The van der Waals surface area contributed by atoms with Crippen molar-refractivity contribution in [1.82, 2.24) is 4.98 Å². The normalized spacial score (nSPS) is 22.7. The van der Waals surface area contributed by atoms with Gasteiger partial charge < -0.3 is 15.8 Å². The molecule has 0 aliphatic carbocycles. The monoisotopic (exact) mass is 443 g/mol. The van der Waals surface area contributed by atoms with E-state index >= 15 is 0 Å². The molecule has 152 valence electrons. The number of nitrogens with two attached hydrogens (primary N) is 1. The van der Waals surface area contributed by atoms with Crippen molar-refractivity contribution in [3.63, 3.8) is 0 Å². The van der Waals surface area contributed by atoms with Gasteiger partial charge in [-0.3, -0.25) is 4.99 Å². The lowest BCUT2D eigenvalue weighted by Gasteiger charge is -2.38. The molecule has 2 aliphatic heterocycles. The van der Waals surface area contributed by atoms with Crippen LogP contribution in [0.2, 0.25) is 10.0 Å². The minimum Gasteiger partial charge on any atom is -0.459 e. The number of halogens is 5. The molecule has 6 nitrogen and oxygen atoms in total. The Morgan fingerprint density at radius 3 is 2.72 bits per heavy atom. The van der Waals surface area contributed by atoms with Gasteiger partial charge in [0, 0.05) is 23.0 Å². The van der Waals surface area contributed by atoms with Crippen LogP contribution in [0.1, 0.15) is 23.7 Å². The zero-order chi connectivity index (χ0) is 21.0. The van der Waals surface area contributed by atoms with E-state index < -0.39 is 29.9 Å². The van der Waals surface area contributed by atoms with Crippen LogP contribution in [0.3, 0.4) is 0 Å². The molecular formula is C18H14Cl2F3N5O. The number of nitrogens with zero attached hydrogens (tertiary/aromatic N) is 3. The topological polar surface area (TPSA) is 84.9 Å². The van der Waals surface area contributed by atoms with Gasteiger partial charge in [0.1, 0.15) is 11.5 Å². The maximum Gasteiger partial charge on any atom is 0.310 e. The van der Waals surface area contributed by atoms with Crippen LogP contribution >= 0.6 is 23.2 Å². The molecule has 3 heterocycles. The molecule has 1 aromatic heterocycles. The first-order valence-corrected chi connectivity index (χ1v) is 9.18. The molecule has 1 atom stereocenters. The van der Waals surface area contributed by atoms with Gasteiger partial charge in [-0.1, -0.05) is 23.2 Å². The Balaban J connectivity index is 1.77. The van der Waals surface area contributed by atoms with Crippen molar-refractivity contribution < 1.29 is 17.9 Å². The van der Waals surface area contributed by atoms with Gasteiger partial charge in [0.2, 0.25) is 0 Å². The molecule has 0 spiro atoms. The summed E-state index contributed by atoms with van der Waals surface area (Å²) in [7, 11) is 0. The highest BCUT2D eigenvalue weighted by atomic mass is 35.5. The molecule has 4 rings (SSSR count). The number of rotatable bonds is 2. The van der Waals surface area contributed by atoms with Crippen LogP contribution in [-0.4, -0.2) is 29.4 Å². The van der Waals surface area contributed by atoms with Crippen LogP contribution < -0.4 is 11.1 Å². The zero-order valence-corrected chi connectivity index (χ0v) is 16.5. The van der Waals surface area contributed by atoms with E-state index in [9.17, 15) is 13.2 Å². The predicted molar refractivity (Wildman–Crippen MR) is 104 cm³/mol. The number of aromatic nitrogens is 1. The molecule has 2 aliphatic rings. The number of hydrogen-bond acceptors (Lipinski definition) is 6. The lowest BCUT2D eigenvalue weighted by Crippen LogP contribution is -2.51. The van der Waals surface area contributed by atoms with Crippen LogP contribution in [0.5, 0.6) is 0 Å². The fourth-order valence-corrected chi connectivity index (χ4v) is 3.66. The number of ether oxygens (including phenoxy) is 1. The third kappa shape index (κ3) is 3.28. The molecule has 0 saturated carbocycles. The molecule has 1 unspecified atom stereocenters. The van der Waals surface area contributed by atoms with Crippen molar-refractivity contribution >= 4 is 40.7 Å². The lowest BCUT2D eigenvalue weighted by molar-refractivity contribution is -0.117. The van der Waals surface area contributed by atoms with Gasteiger partial charge >= 0.3 is 5.92 Å². The summed E-state index contributed by atoms with van der Waals surface area (Å²) in [5.74, 6) is -4.01. The summed E-state index contributed by atoms with van der Waals surface area (Å²) in [5.41, 5.74) is 4.13.